The van der Waals surface area contributed by atoms with Gasteiger partial charge >= 0.3 is 0 Å². The third-order valence-electron chi connectivity index (χ3n) is 2.48. The summed E-state index contributed by atoms with van der Waals surface area (Å²) in [7, 11) is 0. The van der Waals surface area contributed by atoms with Gasteiger partial charge in [-0.15, -0.1) is 0 Å². The van der Waals surface area contributed by atoms with Crippen LogP contribution in [0.15, 0.2) is 33.4 Å². The highest BCUT2D eigenvalue weighted by molar-refractivity contribution is 9.10. The monoisotopic (exact) mass is 295 g/mol. The third kappa shape index (κ3) is 2.61. The molecule has 1 unspecified atom stereocenters. The maximum Gasteiger partial charge on any atom is 0.126 e. The lowest BCUT2D eigenvalue weighted by atomic mass is 10.2. The van der Waals surface area contributed by atoms with Gasteiger partial charge in [-0.1, -0.05) is 0 Å². The van der Waals surface area contributed by atoms with Crippen LogP contribution in [0.2, 0.25) is 0 Å². The van der Waals surface area contributed by atoms with Crippen molar-refractivity contribution in [1.29, 1.82) is 0 Å². The highest BCUT2D eigenvalue weighted by Gasteiger charge is 2.12. The molecule has 2 aromatic rings. The Balaban J connectivity index is 2.21. The van der Waals surface area contributed by atoms with E-state index in [1.807, 2.05) is 26.0 Å². The highest BCUT2D eigenvalue weighted by atomic mass is 79.9. The van der Waals surface area contributed by atoms with E-state index in [1.54, 1.807) is 12.4 Å². The fourth-order valence-corrected chi connectivity index (χ4v) is 2.04. The number of aryl methyl sites for hydroxylation is 1. The van der Waals surface area contributed by atoms with Crippen molar-refractivity contribution >= 4 is 27.3 Å². The fraction of sp³-hybridized carbons (Fsp3) is 0.250. The molecule has 0 fully saturated rings. The quantitative estimate of drug-likeness (QED) is 0.910. The molecule has 0 aromatic carbocycles. The van der Waals surface area contributed by atoms with Gasteiger partial charge in [0.25, 0.3) is 0 Å². The van der Waals surface area contributed by atoms with Gasteiger partial charge in [0.2, 0.25) is 0 Å². The molecule has 2 heterocycles. The van der Waals surface area contributed by atoms with Gasteiger partial charge in [0.15, 0.2) is 0 Å². The number of hydrogen-bond acceptors (Lipinski definition) is 4. The number of pyridine rings is 1. The van der Waals surface area contributed by atoms with Crippen molar-refractivity contribution in [2.24, 2.45) is 0 Å². The molecule has 3 N–H and O–H groups in total. The van der Waals surface area contributed by atoms with Gasteiger partial charge in [-0.05, 0) is 41.9 Å². The third-order valence-corrected chi connectivity index (χ3v) is 3.08. The molecular weight excluding hydrogens is 282 g/mol. The molecular formula is C12H14BrN3O. The van der Waals surface area contributed by atoms with Gasteiger partial charge in [0, 0.05) is 6.20 Å². The summed E-state index contributed by atoms with van der Waals surface area (Å²) < 4.78 is 6.40. The van der Waals surface area contributed by atoms with Gasteiger partial charge in [-0.2, -0.15) is 0 Å². The van der Waals surface area contributed by atoms with E-state index in [0.717, 1.165) is 21.7 Å². The number of nitrogens with zero attached hydrogens (tertiary/aromatic N) is 1. The average molecular weight is 296 g/mol. The Hall–Kier alpha value is -1.49. The van der Waals surface area contributed by atoms with Crippen LogP contribution in [0.5, 0.6) is 0 Å². The number of rotatable bonds is 3. The van der Waals surface area contributed by atoms with Gasteiger partial charge in [-0.3, -0.25) is 4.98 Å². The van der Waals surface area contributed by atoms with Crippen LogP contribution in [0.1, 0.15) is 24.5 Å². The number of halogens is 1. The summed E-state index contributed by atoms with van der Waals surface area (Å²) in [6, 6.07) is 3.95. The van der Waals surface area contributed by atoms with Crippen LogP contribution in [-0.4, -0.2) is 4.98 Å². The van der Waals surface area contributed by atoms with Crippen LogP contribution >= 0.6 is 15.9 Å². The summed E-state index contributed by atoms with van der Waals surface area (Å²) in [6.07, 6.45) is 3.33. The molecule has 0 aliphatic carbocycles. The number of nitrogens with two attached hydrogens (primary N) is 1. The molecule has 0 aliphatic heterocycles. The Morgan fingerprint density at radius 2 is 2.18 bits per heavy atom. The maximum atomic E-state index is 5.87. The van der Waals surface area contributed by atoms with Crippen molar-refractivity contribution in [3.63, 3.8) is 0 Å². The van der Waals surface area contributed by atoms with E-state index in [1.165, 1.54) is 0 Å². The first-order chi connectivity index (χ1) is 8.08. The topological polar surface area (TPSA) is 64.1 Å². The van der Waals surface area contributed by atoms with E-state index in [-0.39, 0.29) is 6.04 Å². The summed E-state index contributed by atoms with van der Waals surface area (Å²) in [6.45, 7) is 3.94. The normalized spacial score (nSPS) is 12.4. The molecule has 0 aliphatic rings. The molecule has 0 amide bonds. The minimum atomic E-state index is 0.0460. The minimum absolute atomic E-state index is 0.0460. The maximum absolute atomic E-state index is 5.87. The standard InChI is InChI=1S/C12H14BrN3O/c1-7-3-4-11(17-7)8(2)16-12-9(13)5-15-6-10(12)14/h3-6,8H,14H2,1-2H3,(H,15,16). The predicted octanol–water partition coefficient (Wildman–Crippen LogP) is 3.50. The fourth-order valence-electron chi connectivity index (χ4n) is 1.58. The van der Waals surface area contributed by atoms with E-state index < -0.39 is 0 Å². The molecule has 0 saturated heterocycles. The average Bonchev–Trinajstić information content (AvgIpc) is 2.70. The van der Waals surface area contributed by atoms with E-state index >= 15 is 0 Å². The number of nitrogen functional groups attached to an aromatic ring is 1. The SMILES string of the molecule is Cc1ccc(C(C)Nc2c(N)cncc2Br)o1. The van der Waals surface area contributed by atoms with E-state index in [9.17, 15) is 0 Å². The van der Waals surface area contributed by atoms with Crippen LogP contribution in [-0.2, 0) is 0 Å². The van der Waals surface area contributed by atoms with Crippen LogP contribution in [0.25, 0.3) is 0 Å². The number of nitrogens with one attached hydrogen (secondary N) is 1. The van der Waals surface area contributed by atoms with E-state index in [2.05, 4.69) is 26.2 Å². The van der Waals surface area contributed by atoms with Crippen molar-refractivity contribution in [3.8, 4) is 0 Å². The lowest BCUT2D eigenvalue weighted by Gasteiger charge is -2.15. The molecule has 2 aromatic heterocycles. The second-order valence-corrected chi connectivity index (χ2v) is 4.75. The van der Waals surface area contributed by atoms with Gasteiger partial charge in [-0.25, -0.2) is 0 Å². The summed E-state index contributed by atoms with van der Waals surface area (Å²) in [5.41, 5.74) is 7.31. The smallest absolute Gasteiger partial charge is 0.126 e. The predicted molar refractivity (Wildman–Crippen MR) is 71.8 cm³/mol. The zero-order valence-electron chi connectivity index (χ0n) is 9.70. The zero-order chi connectivity index (χ0) is 12.4. The summed E-state index contributed by atoms with van der Waals surface area (Å²) in [4.78, 5) is 3.99. The molecule has 4 nitrogen and oxygen atoms in total. The van der Waals surface area contributed by atoms with E-state index in [0.29, 0.717) is 5.69 Å². The first kappa shape index (κ1) is 12.0. The molecule has 1 atom stereocenters. The van der Waals surface area contributed by atoms with Crippen molar-refractivity contribution in [2.75, 3.05) is 11.1 Å². The molecule has 17 heavy (non-hydrogen) atoms. The summed E-state index contributed by atoms with van der Waals surface area (Å²) in [5, 5.41) is 3.30. The van der Waals surface area contributed by atoms with Crippen LogP contribution in [0.3, 0.4) is 0 Å². The zero-order valence-corrected chi connectivity index (χ0v) is 11.3. The molecule has 5 heteroatoms. The lowest BCUT2D eigenvalue weighted by molar-refractivity contribution is 0.467. The van der Waals surface area contributed by atoms with Gasteiger partial charge in [0.05, 0.1) is 28.1 Å². The Morgan fingerprint density at radius 3 is 2.76 bits per heavy atom. The molecule has 0 radical (unpaired) electrons. The number of anilines is 2. The Bertz CT molecular complexity index is 504. The molecule has 0 spiro atoms. The molecule has 0 bridgehead atoms. The summed E-state index contributed by atoms with van der Waals surface area (Å²) in [5.74, 6) is 1.78. The van der Waals surface area contributed by atoms with Crippen molar-refractivity contribution in [2.45, 2.75) is 19.9 Å². The number of hydrogen-bond donors (Lipinski definition) is 2. The summed E-state index contributed by atoms with van der Waals surface area (Å²) >= 11 is 3.42. The van der Waals surface area contributed by atoms with Crippen LogP contribution in [0.4, 0.5) is 11.4 Å². The first-order valence-electron chi connectivity index (χ1n) is 5.30. The van der Waals surface area contributed by atoms with Crippen LogP contribution in [0, 0.1) is 6.92 Å². The van der Waals surface area contributed by atoms with Crippen molar-refractivity contribution < 1.29 is 4.42 Å². The number of aromatic nitrogens is 1. The molecule has 2 rings (SSSR count). The Kier molecular flexibility index (Phi) is 3.38. The molecule has 0 saturated carbocycles. The minimum Gasteiger partial charge on any atom is -0.464 e. The lowest BCUT2D eigenvalue weighted by Crippen LogP contribution is -2.08. The second-order valence-electron chi connectivity index (χ2n) is 3.90. The van der Waals surface area contributed by atoms with Crippen molar-refractivity contribution in [1.82, 2.24) is 4.98 Å². The largest absolute Gasteiger partial charge is 0.464 e. The second kappa shape index (κ2) is 4.79. The highest BCUT2D eigenvalue weighted by Crippen LogP contribution is 2.31. The first-order valence-corrected chi connectivity index (χ1v) is 6.09. The van der Waals surface area contributed by atoms with Gasteiger partial charge < -0.3 is 15.5 Å². The Labute approximate surface area is 108 Å². The van der Waals surface area contributed by atoms with Crippen LogP contribution < -0.4 is 11.1 Å². The van der Waals surface area contributed by atoms with Gasteiger partial charge in [0.1, 0.15) is 11.5 Å². The number of furan rings is 1. The van der Waals surface area contributed by atoms with Crippen molar-refractivity contribution in [3.05, 3.63) is 40.5 Å². The molecule has 90 valence electrons. The van der Waals surface area contributed by atoms with E-state index in [4.69, 9.17) is 10.2 Å². The Morgan fingerprint density at radius 1 is 1.41 bits per heavy atom.